The van der Waals surface area contributed by atoms with E-state index in [0.717, 1.165) is 37.2 Å². The normalized spacial score (nSPS) is 28.1. The molecule has 0 bridgehead atoms. The average molecular weight is 251 g/mol. The number of halogens is 1. The van der Waals surface area contributed by atoms with Gasteiger partial charge in [-0.2, -0.15) is 0 Å². The van der Waals surface area contributed by atoms with Crippen LogP contribution in [0, 0.1) is 11.7 Å². The molecule has 0 saturated heterocycles. The molecule has 0 spiro atoms. The van der Waals surface area contributed by atoms with E-state index in [-0.39, 0.29) is 17.1 Å². The summed E-state index contributed by atoms with van der Waals surface area (Å²) < 4.78 is 18.7. The van der Waals surface area contributed by atoms with E-state index in [9.17, 15) is 4.39 Å². The lowest BCUT2D eigenvalue weighted by molar-refractivity contribution is 0.231. The van der Waals surface area contributed by atoms with Crippen LogP contribution >= 0.6 is 0 Å². The first-order valence-corrected chi connectivity index (χ1v) is 6.72. The van der Waals surface area contributed by atoms with Crippen molar-refractivity contribution >= 4 is 0 Å². The van der Waals surface area contributed by atoms with Gasteiger partial charge in [0.1, 0.15) is 0 Å². The number of nitrogens with two attached hydrogens (primary N) is 1. The lowest BCUT2D eigenvalue weighted by Crippen LogP contribution is -2.40. The molecular formula is C15H22FNO. The van der Waals surface area contributed by atoms with Crippen molar-refractivity contribution in [2.75, 3.05) is 7.11 Å². The van der Waals surface area contributed by atoms with Gasteiger partial charge in [0.2, 0.25) is 0 Å². The van der Waals surface area contributed by atoms with Gasteiger partial charge >= 0.3 is 0 Å². The second-order valence-electron chi connectivity index (χ2n) is 5.36. The summed E-state index contributed by atoms with van der Waals surface area (Å²) in [6, 6.07) is 5.10. The Morgan fingerprint density at radius 3 is 2.56 bits per heavy atom. The molecule has 18 heavy (non-hydrogen) atoms. The van der Waals surface area contributed by atoms with Gasteiger partial charge in [-0.1, -0.05) is 19.4 Å². The maximum absolute atomic E-state index is 13.7. The highest BCUT2D eigenvalue weighted by atomic mass is 19.1. The molecule has 3 heteroatoms. The molecular weight excluding hydrogens is 229 g/mol. The van der Waals surface area contributed by atoms with Gasteiger partial charge in [-0.15, -0.1) is 0 Å². The zero-order valence-electron chi connectivity index (χ0n) is 11.2. The van der Waals surface area contributed by atoms with E-state index < -0.39 is 0 Å². The summed E-state index contributed by atoms with van der Waals surface area (Å²) in [6.45, 7) is 2.22. The first-order chi connectivity index (χ1) is 8.59. The summed E-state index contributed by atoms with van der Waals surface area (Å²) in [4.78, 5) is 0. The third-order valence-corrected chi connectivity index (χ3v) is 4.30. The highest BCUT2D eigenvalue weighted by Gasteiger charge is 2.33. The van der Waals surface area contributed by atoms with Crippen LogP contribution < -0.4 is 10.5 Å². The molecule has 100 valence electrons. The van der Waals surface area contributed by atoms with Gasteiger partial charge in [-0.05, 0) is 49.3 Å². The molecule has 0 aliphatic heterocycles. The number of methoxy groups -OCH3 is 1. The van der Waals surface area contributed by atoms with E-state index in [0.29, 0.717) is 0 Å². The van der Waals surface area contributed by atoms with Crippen molar-refractivity contribution in [1.29, 1.82) is 0 Å². The van der Waals surface area contributed by atoms with Crippen LogP contribution in [0.3, 0.4) is 0 Å². The molecule has 0 amide bonds. The van der Waals surface area contributed by atoms with Crippen LogP contribution in [0.4, 0.5) is 4.39 Å². The van der Waals surface area contributed by atoms with Crippen LogP contribution in [0.25, 0.3) is 0 Å². The highest BCUT2D eigenvalue weighted by molar-refractivity contribution is 5.33. The van der Waals surface area contributed by atoms with Crippen molar-refractivity contribution < 1.29 is 9.13 Å². The average Bonchev–Trinajstić information content (AvgIpc) is 2.39. The third kappa shape index (κ3) is 2.51. The lowest BCUT2D eigenvalue weighted by Gasteiger charge is -2.37. The number of hydrogen-bond donors (Lipinski definition) is 1. The molecule has 1 aliphatic carbocycles. The smallest absolute Gasteiger partial charge is 0.165 e. The minimum Gasteiger partial charge on any atom is -0.494 e. The van der Waals surface area contributed by atoms with Crippen molar-refractivity contribution in [2.24, 2.45) is 11.7 Å². The predicted octanol–water partition coefficient (Wildman–Crippen LogP) is 3.59. The van der Waals surface area contributed by atoms with Crippen molar-refractivity contribution in [3.05, 3.63) is 29.6 Å². The van der Waals surface area contributed by atoms with Gasteiger partial charge in [0.25, 0.3) is 0 Å². The molecule has 1 fully saturated rings. The molecule has 0 heterocycles. The monoisotopic (exact) mass is 251 g/mol. The van der Waals surface area contributed by atoms with E-state index in [2.05, 4.69) is 6.92 Å². The first-order valence-electron chi connectivity index (χ1n) is 6.72. The molecule has 1 aromatic rings. The standard InChI is InChI=1S/C15H22FNO/c1-3-11-6-8-15(17,9-7-11)12-4-5-14(18-2)13(16)10-12/h4-5,10-11H,3,6-9,17H2,1-2H3. The van der Waals surface area contributed by atoms with Gasteiger partial charge in [0.05, 0.1) is 7.11 Å². The quantitative estimate of drug-likeness (QED) is 0.891. The van der Waals surface area contributed by atoms with Gasteiger partial charge in [-0.25, -0.2) is 4.39 Å². The Bertz CT molecular complexity index is 411. The fraction of sp³-hybridized carbons (Fsp3) is 0.600. The molecule has 1 aromatic carbocycles. The second-order valence-corrected chi connectivity index (χ2v) is 5.36. The Kier molecular flexibility index (Phi) is 3.91. The SMILES string of the molecule is CCC1CCC(N)(c2ccc(OC)c(F)c2)CC1. The Hall–Kier alpha value is -1.09. The summed E-state index contributed by atoms with van der Waals surface area (Å²) in [5.41, 5.74) is 6.99. The third-order valence-electron chi connectivity index (χ3n) is 4.30. The van der Waals surface area contributed by atoms with Gasteiger partial charge in [0.15, 0.2) is 11.6 Å². The van der Waals surface area contributed by atoms with E-state index in [1.165, 1.54) is 19.6 Å². The van der Waals surface area contributed by atoms with Crippen LogP contribution in [-0.4, -0.2) is 7.11 Å². The number of benzene rings is 1. The second kappa shape index (κ2) is 5.27. The summed E-state index contributed by atoms with van der Waals surface area (Å²) >= 11 is 0. The zero-order chi connectivity index (χ0) is 13.2. The van der Waals surface area contributed by atoms with Gasteiger partial charge < -0.3 is 10.5 Å². The van der Waals surface area contributed by atoms with Crippen molar-refractivity contribution in [3.63, 3.8) is 0 Å². The number of hydrogen-bond acceptors (Lipinski definition) is 2. The fourth-order valence-electron chi connectivity index (χ4n) is 2.87. The van der Waals surface area contributed by atoms with Crippen LogP contribution in [0.15, 0.2) is 18.2 Å². The maximum Gasteiger partial charge on any atom is 0.165 e. The molecule has 1 aliphatic rings. The summed E-state index contributed by atoms with van der Waals surface area (Å²) in [5.74, 6) is 0.742. The first kappa shape index (κ1) is 13.3. The summed E-state index contributed by atoms with van der Waals surface area (Å²) in [6.07, 6.45) is 5.38. The van der Waals surface area contributed by atoms with Gasteiger partial charge in [0, 0.05) is 5.54 Å². The summed E-state index contributed by atoms with van der Waals surface area (Å²) in [7, 11) is 1.47. The van der Waals surface area contributed by atoms with Gasteiger partial charge in [-0.3, -0.25) is 0 Å². The molecule has 0 unspecified atom stereocenters. The molecule has 2 nitrogen and oxygen atoms in total. The minimum atomic E-state index is -0.362. The van der Waals surface area contributed by atoms with Crippen LogP contribution in [0.5, 0.6) is 5.75 Å². The van der Waals surface area contributed by atoms with E-state index >= 15 is 0 Å². The van der Waals surface area contributed by atoms with E-state index in [1.807, 2.05) is 6.07 Å². The molecule has 1 saturated carbocycles. The fourth-order valence-corrected chi connectivity index (χ4v) is 2.87. The molecule has 0 aromatic heterocycles. The van der Waals surface area contributed by atoms with Crippen molar-refractivity contribution in [2.45, 2.75) is 44.6 Å². The zero-order valence-corrected chi connectivity index (χ0v) is 11.2. The van der Waals surface area contributed by atoms with E-state index in [4.69, 9.17) is 10.5 Å². The highest BCUT2D eigenvalue weighted by Crippen LogP contribution is 2.39. The van der Waals surface area contributed by atoms with Crippen molar-refractivity contribution in [1.82, 2.24) is 0 Å². The van der Waals surface area contributed by atoms with Crippen molar-refractivity contribution in [3.8, 4) is 5.75 Å². The lowest BCUT2D eigenvalue weighted by atomic mass is 9.73. The van der Waals surface area contributed by atoms with Crippen LogP contribution in [0.1, 0.15) is 44.6 Å². The Labute approximate surface area is 108 Å². The molecule has 2 N–H and O–H groups in total. The number of ether oxygens (including phenoxy) is 1. The Morgan fingerprint density at radius 2 is 2.06 bits per heavy atom. The number of rotatable bonds is 3. The van der Waals surface area contributed by atoms with E-state index in [1.54, 1.807) is 6.07 Å². The predicted molar refractivity (Wildman–Crippen MR) is 71.1 cm³/mol. The largest absolute Gasteiger partial charge is 0.494 e. The topological polar surface area (TPSA) is 35.2 Å². The van der Waals surface area contributed by atoms with Crippen LogP contribution in [-0.2, 0) is 5.54 Å². The summed E-state index contributed by atoms with van der Waals surface area (Å²) in [5, 5.41) is 0. The molecule has 0 radical (unpaired) electrons. The Balaban J connectivity index is 2.18. The van der Waals surface area contributed by atoms with Crippen LogP contribution in [0.2, 0.25) is 0 Å². The molecule has 0 atom stereocenters. The Morgan fingerprint density at radius 1 is 1.39 bits per heavy atom. The minimum absolute atomic E-state index is 0.282. The maximum atomic E-state index is 13.7. The molecule has 2 rings (SSSR count).